The zero-order chi connectivity index (χ0) is 14.0. The van der Waals surface area contributed by atoms with Crippen LogP contribution in [0.15, 0.2) is 24.3 Å². The third-order valence-electron chi connectivity index (χ3n) is 2.77. The summed E-state index contributed by atoms with van der Waals surface area (Å²) in [6.45, 7) is 9.84. The van der Waals surface area contributed by atoms with Crippen molar-refractivity contribution in [2.24, 2.45) is 0 Å². The maximum atomic E-state index is 11.5. The van der Waals surface area contributed by atoms with Gasteiger partial charge < -0.3 is 9.47 Å². The minimum Gasteiger partial charge on any atom is -0.476 e. The number of rotatable bonds is 3. The zero-order valence-corrected chi connectivity index (χ0v) is 12.0. The summed E-state index contributed by atoms with van der Waals surface area (Å²) in [6.07, 6.45) is 0. The molecule has 1 rings (SSSR count). The summed E-state index contributed by atoms with van der Waals surface area (Å²) >= 11 is 0. The molecule has 3 heteroatoms. The molecule has 0 heterocycles. The molecule has 0 spiro atoms. The maximum Gasteiger partial charge on any atom is 0.349 e. The summed E-state index contributed by atoms with van der Waals surface area (Å²) in [5.41, 5.74) is 0.361. The third-order valence-corrected chi connectivity index (χ3v) is 2.77. The first-order valence-electron chi connectivity index (χ1n) is 6.05. The molecule has 0 saturated heterocycles. The molecular weight excluding hydrogens is 228 g/mol. The second-order valence-corrected chi connectivity index (χ2v) is 5.88. The SMILES string of the molecule is COC(=O)C(C)(C)Oc1ccc(C(C)(C)C)cc1. The van der Waals surface area contributed by atoms with Crippen LogP contribution in [0, 0.1) is 0 Å². The first-order chi connectivity index (χ1) is 8.16. The molecule has 100 valence electrons. The van der Waals surface area contributed by atoms with Gasteiger partial charge in [0.25, 0.3) is 0 Å². The van der Waals surface area contributed by atoms with Gasteiger partial charge in [0, 0.05) is 0 Å². The maximum absolute atomic E-state index is 11.5. The molecule has 0 atom stereocenters. The minimum atomic E-state index is -0.974. The highest BCUT2D eigenvalue weighted by atomic mass is 16.6. The fraction of sp³-hybridized carbons (Fsp3) is 0.533. The normalized spacial score (nSPS) is 12.1. The van der Waals surface area contributed by atoms with Gasteiger partial charge in [-0.3, -0.25) is 0 Å². The summed E-state index contributed by atoms with van der Waals surface area (Å²) < 4.78 is 10.3. The average molecular weight is 250 g/mol. The highest BCUT2D eigenvalue weighted by Gasteiger charge is 2.31. The van der Waals surface area contributed by atoms with Crippen molar-refractivity contribution >= 4 is 5.97 Å². The van der Waals surface area contributed by atoms with Crippen LogP contribution in [0.2, 0.25) is 0 Å². The van der Waals surface area contributed by atoms with Crippen LogP contribution >= 0.6 is 0 Å². The van der Waals surface area contributed by atoms with Crippen molar-refractivity contribution in [1.29, 1.82) is 0 Å². The number of benzene rings is 1. The molecule has 0 N–H and O–H groups in total. The standard InChI is InChI=1S/C15H22O3/c1-14(2,3)11-7-9-12(10-8-11)18-15(4,5)13(16)17-6/h7-10H,1-6H3. The van der Waals surface area contributed by atoms with Gasteiger partial charge in [0.05, 0.1) is 7.11 Å². The van der Waals surface area contributed by atoms with E-state index in [4.69, 9.17) is 9.47 Å². The first kappa shape index (κ1) is 14.6. The van der Waals surface area contributed by atoms with Crippen LogP contribution < -0.4 is 4.74 Å². The molecular formula is C15H22O3. The van der Waals surface area contributed by atoms with Gasteiger partial charge in [-0.25, -0.2) is 4.79 Å². The highest BCUT2D eigenvalue weighted by Crippen LogP contribution is 2.26. The molecule has 0 saturated carbocycles. The fourth-order valence-electron chi connectivity index (χ4n) is 1.61. The van der Waals surface area contributed by atoms with Crippen LogP contribution in [0.3, 0.4) is 0 Å². The van der Waals surface area contributed by atoms with Gasteiger partial charge in [0.1, 0.15) is 5.75 Å². The van der Waals surface area contributed by atoms with E-state index in [1.54, 1.807) is 13.8 Å². The van der Waals surface area contributed by atoms with E-state index in [1.165, 1.54) is 12.7 Å². The molecule has 0 aliphatic carbocycles. The van der Waals surface area contributed by atoms with Gasteiger partial charge in [-0.2, -0.15) is 0 Å². The molecule has 1 aromatic rings. The summed E-state index contributed by atoms with van der Waals surface area (Å²) in [4.78, 5) is 11.5. The number of methoxy groups -OCH3 is 1. The molecule has 0 bridgehead atoms. The van der Waals surface area contributed by atoms with E-state index in [-0.39, 0.29) is 11.4 Å². The summed E-state index contributed by atoms with van der Waals surface area (Å²) in [5.74, 6) is 0.279. The topological polar surface area (TPSA) is 35.5 Å². The molecule has 0 amide bonds. The molecule has 0 aromatic heterocycles. The van der Waals surface area contributed by atoms with Gasteiger partial charge in [-0.05, 0) is 37.0 Å². The van der Waals surface area contributed by atoms with Crippen LogP contribution in [0.4, 0.5) is 0 Å². The second-order valence-electron chi connectivity index (χ2n) is 5.88. The summed E-state index contributed by atoms with van der Waals surface area (Å²) in [5, 5.41) is 0. The predicted octanol–water partition coefficient (Wildman–Crippen LogP) is 3.31. The van der Waals surface area contributed by atoms with Gasteiger partial charge in [0.2, 0.25) is 0 Å². The Hall–Kier alpha value is -1.51. The predicted molar refractivity (Wildman–Crippen MR) is 71.9 cm³/mol. The van der Waals surface area contributed by atoms with Crippen molar-refractivity contribution in [2.45, 2.75) is 45.6 Å². The molecule has 0 unspecified atom stereocenters. The molecule has 3 nitrogen and oxygen atoms in total. The molecule has 0 fully saturated rings. The number of hydrogen-bond donors (Lipinski definition) is 0. The lowest BCUT2D eigenvalue weighted by molar-refractivity contribution is -0.156. The van der Waals surface area contributed by atoms with Crippen LogP contribution in [0.25, 0.3) is 0 Å². The van der Waals surface area contributed by atoms with Crippen LogP contribution in [0.1, 0.15) is 40.2 Å². The van der Waals surface area contributed by atoms with Gasteiger partial charge in [-0.15, -0.1) is 0 Å². The van der Waals surface area contributed by atoms with Crippen molar-refractivity contribution in [2.75, 3.05) is 7.11 Å². The van der Waals surface area contributed by atoms with E-state index in [1.807, 2.05) is 24.3 Å². The smallest absolute Gasteiger partial charge is 0.349 e. The van der Waals surface area contributed by atoms with Crippen molar-refractivity contribution < 1.29 is 14.3 Å². The lowest BCUT2D eigenvalue weighted by Gasteiger charge is -2.24. The van der Waals surface area contributed by atoms with E-state index in [0.29, 0.717) is 5.75 Å². The number of ether oxygens (including phenoxy) is 2. The van der Waals surface area contributed by atoms with E-state index in [9.17, 15) is 4.79 Å². The number of carbonyl (C=O) groups is 1. The summed E-state index contributed by atoms with van der Waals surface area (Å²) in [7, 11) is 1.36. The Morgan fingerprint density at radius 3 is 1.89 bits per heavy atom. The van der Waals surface area contributed by atoms with Crippen LogP contribution in [-0.2, 0) is 14.9 Å². The van der Waals surface area contributed by atoms with Crippen LogP contribution in [-0.4, -0.2) is 18.7 Å². The Labute approximate surface area is 109 Å². The monoisotopic (exact) mass is 250 g/mol. The third kappa shape index (κ3) is 3.49. The largest absolute Gasteiger partial charge is 0.476 e. The Balaban J connectivity index is 2.85. The average Bonchev–Trinajstić information content (AvgIpc) is 2.26. The molecule has 0 radical (unpaired) electrons. The lowest BCUT2D eigenvalue weighted by atomic mass is 9.87. The number of esters is 1. The van der Waals surface area contributed by atoms with E-state index in [0.717, 1.165) is 0 Å². The molecule has 0 aliphatic rings. The number of hydrogen-bond acceptors (Lipinski definition) is 3. The lowest BCUT2D eigenvalue weighted by Crippen LogP contribution is -2.39. The second kappa shape index (κ2) is 5.01. The zero-order valence-electron chi connectivity index (χ0n) is 12.0. The van der Waals surface area contributed by atoms with E-state index >= 15 is 0 Å². The Morgan fingerprint density at radius 2 is 1.50 bits per heavy atom. The fourth-order valence-corrected chi connectivity index (χ4v) is 1.61. The molecule has 1 aromatic carbocycles. The molecule has 0 aliphatic heterocycles. The van der Waals surface area contributed by atoms with Crippen molar-refractivity contribution in [3.63, 3.8) is 0 Å². The van der Waals surface area contributed by atoms with Gasteiger partial charge in [0.15, 0.2) is 5.60 Å². The quantitative estimate of drug-likeness (QED) is 0.772. The van der Waals surface area contributed by atoms with Gasteiger partial charge >= 0.3 is 5.97 Å². The Morgan fingerprint density at radius 1 is 1.00 bits per heavy atom. The molecule has 18 heavy (non-hydrogen) atoms. The Bertz CT molecular complexity index is 410. The first-order valence-corrected chi connectivity index (χ1v) is 6.05. The van der Waals surface area contributed by atoms with Crippen molar-refractivity contribution in [3.8, 4) is 5.75 Å². The van der Waals surface area contributed by atoms with E-state index < -0.39 is 5.60 Å². The van der Waals surface area contributed by atoms with Crippen LogP contribution in [0.5, 0.6) is 5.75 Å². The minimum absolute atomic E-state index is 0.108. The van der Waals surface area contributed by atoms with Gasteiger partial charge in [-0.1, -0.05) is 32.9 Å². The Kier molecular flexibility index (Phi) is 4.05. The highest BCUT2D eigenvalue weighted by molar-refractivity contribution is 5.78. The summed E-state index contributed by atoms with van der Waals surface area (Å²) in [6, 6.07) is 7.79. The number of carbonyl (C=O) groups excluding carboxylic acids is 1. The van der Waals surface area contributed by atoms with Crippen molar-refractivity contribution in [1.82, 2.24) is 0 Å². The van der Waals surface area contributed by atoms with Crippen molar-refractivity contribution in [3.05, 3.63) is 29.8 Å². The van der Waals surface area contributed by atoms with E-state index in [2.05, 4.69) is 20.8 Å².